The highest BCUT2D eigenvalue weighted by molar-refractivity contribution is 6.23. The number of fused-ring (bicyclic) bond motifs is 5. The monoisotopic (exact) mass is 399 g/mol. The van der Waals surface area contributed by atoms with Crippen molar-refractivity contribution in [3.8, 4) is 0 Å². The fourth-order valence-corrected chi connectivity index (χ4v) is 4.51. The van der Waals surface area contributed by atoms with Gasteiger partial charge in [-0.3, -0.25) is 19.2 Å². The van der Waals surface area contributed by atoms with Crippen molar-refractivity contribution in [1.82, 2.24) is 0 Å². The Balaban J connectivity index is 1.76. The zero-order valence-corrected chi connectivity index (χ0v) is 16.5. The number of rotatable bonds is 4. The van der Waals surface area contributed by atoms with E-state index in [4.69, 9.17) is 14.2 Å². The maximum Gasteiger partial charge on any atom is 0.305 e. The molecule has 2 bridgehead atoms. The van der Waals surface area contributed by atoms with Crippen LogP contribution < -0.4 is 4.90 Å². The summed E-state index contributed by atoms with van der Waals surface area (Å²) in [5.41, 5.74) is 0.772. The lowest BCUT2D eigenvalue weighted by Gasteiger charge is -2.34. The molecule has 2 fully saturated rings. The first-order valence-electron chi connectivity index (χ1n) is 9.32. The first-order valence-corrected chi connectivity index (χ1v) is 9.32. The van der Waals surface area contributed by atoms with Gasteiger partial charge in [0.15, 0.2) is 5.60 Å². The Morgan fingerprint density at radius 3 is 2.34 bits per heavy atom. The Morgan fingerprint density at radius 1 is 1.10 bits per heavy atom. The van der Waals surface area contributed by atoms with E-state index in [9.17, 15) is 19.2 Å². The molecule has 3 aliphatic rings. The maximum atomic E-state index is 13.4. The first kappa shape index (κ1) is 19.3. The summed E-state index contributed by atoms with van der Waals surface area (Å²) in [4.78, 5) is 51.0. The van der Waals surface area contributed by atoms with Gasteiger partial charge in [-0.2, -0.15) is 0 Å². The van der Waals surface area contributed by atoms with Crippen molar-refractivity contribution in [3.05, 3.63) is 41.5 Å². The Kier molecular flexibility index (Phi) is 4.34. The average Bonchev–Trinajstić information content (AvgIpc) is 3.26. The largest absolute Gasteiger partial charge is 0.422 e. The molecule has 1 aromatic carbocycles. The average molecular weight is 399 g/mol. The number of benzene rings is 1. The van der Waals surface area contributed by atoms with Gasteiger partial charge in [-0.15, -0.1) is 0 Å². The number of nitrogens with zero attached hydrogens (tertiary/aromatic N) is 1. The minimum atomic E-state index is -1.53. The van der Waals surface area contributed by atoms with E-state index in [1.54, 1.807) is 18.2 Å². The van der Waals surface area contributed by atoms with E-state index in [2.05, 4.69) is 0 Å². The van der Waals surface area contributed by atoms with E-state index >= 15 is 0 Å². The molecule has 0 unspecified atom stereocenters. The van der Waals surface area contributed by atoms with E-state index in [-0.39, 0.29) is 5.91 Å². The van der Waals surface area contributed by atoms with Gasteiger partial charge in [0, 0.05) is 13.8 Å². The molecule has 0 aliphatic carbocycles. The van der Waals surface area contributed by atoms with Crippen molar-refractivity contribution >= 4 is 29.4 Å². The van der Waals surface area contributed by atoms with E-state index in [0.717, 1.165) is 11.1 Å². The van der Waals surface area contributed by atoms with Crippen LogP contribution in [0.25, 0.3) is 0 Å². The topological polar surface area (TPSA) is 99.2 Å². The number of hydrogen-bond donors (Lipinski definition) is 0. The summed E-state index contributed by atoms with van der Waals surface area (Å²) in [6.45, 7) is 6.09. The lowest BCUT2D eigenvalue weighted by atomic mass is 9.76. The number of anilines is 1. The van der Waals surface area contributed by atoms with Gasteiger partial charge in [-0.25, -0.2) is 4.90 Å². The molecule has 0 N–H and O–H groups in total. The molecule has 0 saturated carbocycles. The molecule has 8 nitrogen and oxygen atoms in total. The Hall–Kier alpha value is -3.00. The summed E-state index contributed by atoms with van der Waals surface area (Å²) in [7, 11) is 0. The quantitative estimate of drug-likeness (QED) is 0.328. The van der Waals surface area contributed by atoms with Crippen LogP contribution in [0, 0.1) is 25.7 Å². The molecule has 152 valence electrons. The van der Waals surface area contributed by atoms with Gasteiger partial charge in [-0.1, -0.05) is 23.8 Å². The molecule has 3 aliphatic heterocycles. The van der Waals surface area contributed by atoms with Crippen LogP contribution in [0.1, 0.15) is 25.0 Å². The number of aryl methyl sites for hydroxylation is 2. The maximum absolute atomic E-state index is 13.4. The highest BCUT2D eigenvalue weighted by atomic mass is 16.7. The van der Waals surface area contributed by atoms with Crippen LogP contribution in [0.4, 0.5) is 5.69 Å². The molecule has 1 aromatic rings. The molecule has 3 heterocycles. The molecule has 4 rings (SSSR count). The standard InChI is InChI=1S/C21H21NO7/c1-10-5-6-14(11(2)9-10)22-18(25)16-15-7-8-21(29-15,17(16)19(22)26)20(27-12(3)23)28-13(4)24/h5-9,15-17,20H,1-4H3/t15-,16-,17+,21+/m0/s1. The predicted molar refractivity (Wildman–Crippen MR) is 99.5 cm³/mol. The summed E-state index contributed by atoms with van der Waals surface area (Å²) in [5.74, 6) is -3.98. The van der Waals surface area contributed by atoms with E-state index in [1.807, 2.05) is 26.0 Å². The lowest BCUT2D eigenvalue weighted by Crippen LogP contribution is -2.52. The molecule has 4 atom stereocenters. The molecular weight excluding hydrogens is 378 g/mol. The molecule has 0 radical (unpaired) electrons. The van der Waals surface area contributed by atoms with Crippen LogP contribution >= 0.6 is 0 Å². The Morgan fingerprint density at radius 2 is 1.76 bits per heavy atom. The number of ether oxygens (including phenoxy) is 3. The van der Waals surface area contributed by atoms with Gasteiger partial charge in [-0.05, 0) is 31.6 Å². The second-order valence-electron chi connectivity index (χ2n) is 7.65. The van der Waals surface area contributed by atoms with Gasteiger partial charge in [0.2, 0.25) is 11.8 Å². The second kappa shape index (κ2) is 6.52. The third kappa shape index (κ3) is 2.78. The van der Waals surface area contributed by atoms with E-state index < -0.39 is 47.7 Å². The van der Waals surface area contributed by atoms with Crippen LogP contribution in [-0.2, 0) is 33.4 Å². The predicted octanol–water partition coefficient (Wildman–Crippen LogP) is 1.57. The summed E-state index contributed by atoms with van der Waals surface area (Å²) in [6, 6.07) is 5.46. The highest BCUT2D eigenvalue weighted by Crippen LogP contribution is 2.54. The number of carbonyl (C=O) groups excluding carboxylic acids is 4. The highest BCUT2D eigenvalue weighted by Gasteiger charge is 2.72. The molecule has 29 heavy (non-hydrogen) atoms. The number of hydrogen-bond acceptors (Lipinski definition) is 7. The number of esters is 2. The SMILES string of the molecule is CC(=O)OC(OC(C)=O)[C@]12C=C[C@H](O1)[C@@H]1C(=O)N(c3ccc(C)cc3C)C(=O)[C@@H]12. The molecule has 8 heteroatoms. The van der Waals surface area contributed by atoms with Crippen molar-refractivity contribution < 1.29 is 33.4 Å². The molecular formula is C21H21NO7. The number of imide groups is 1. The van der Waals surface area contributed by atoms with Gasteiger partial charge < -0.3 is 14.2 Å². The molecule has 0 spiro atoms. The van der Waals surface area contributed by atoms with Crippen molar-refractivity contribution in [1.29, 1.82) is 0 Å². The van der Waals surface area contributed by atoms with Crippen LogP contribution in [-0.4, -0.2) is 41.7 Å². The van der Waals surface area contributed by atoms with Crippen LogP contribution in [0.2, 0.25) is 0 Å². The number of amides is 2. The third-order valence-electron chi connectivity index (χ3n) is 5.59. The van der Waals surface area contributed by atoms with Crippen molar-refractivity contribution in [3.63, 3.8) is 0 Å². The number of carbonyl (C=O) groups is 4. The minimum absolute atomic E-state index is 0.382. The molecule has 0 aromatic heterocycles. The van der Waals surface area contributed by atoms with Gasteiger partial charge in [0.25, 0.3) is 6.29 Å². The van der Waals surface area contributed by atoms with Gasteiger partial charge in [0.1, 0.15) is 0 Å². The Bertz CT molecular complexity index is 952. The summed E-state index contributed by atoms with van der Waals surface area (Å²) >= 11 is 0. The normalized spacial score (nSPS) is 29.6. The second-order valence-corrected chi connectivity index (χ2v) is 7.65. The van der Waals surface area contributed by atoms with Crippen LogP contribution in [0.5, 0.6) is 0 Å². The van der Waals surface area contributed by atoms with Crippen molar-refractivity contribution in [2.45, 2.75) is 45.7 Å². The minimum Gasteiger partial charge on any atom is -0.422 e. The first-order chi connectivity index (χ1) is 13.7. The van der Waals surface area contributed by atoms with E-state index in [0.29, 0.717) is 5.69 Å². The molecule has 2 saturated heterocycles. The van der Waals surface area contributed by atoms with Crippen LogP contribution in [0.3, 0.4) is 0 Å². The van der Waals surface area contributed by atoms with E-state index in [1.165, 1.54) is 18.7 Å². The van der Waals surface area contributed by atoms with Gasteiger partial charge >= 0.3 is 11.9 Å². The summed E-state index contributed by atoms with van der Waals surface area (Å²) in [6.07, 6.45) is 1.08. The van der Waals surface area contributed by atoms with Crippen LogP contribution in [0.15, 0.2) is 30.4 Å². The lowest BCUT2D eigenvalue weighted by molar-refractivity contribution is -0.226. The zero-order chi connectivity index (χ0) is 21.1. The fourth-order valence-electron chi connectivity index (χ4n) is 4.51. The fraction of sp³-hybridized carbons (Fsp3) is 0.429. The van der Waals surface area contributed by atoms with Gasteiger partial charge in [0.05, 0.1) is 23.6 Å². The van der Waals surface area contributed by atoms with Crippen molar-refractivity contribution in [2.75, 3.05) is 4.90 Å². The smallest absolute Gasteiger partial charge is 0.305 e. The summed E-state index contributed by atoms with van der Waals surface area (Å²) in [5, 5.41) is 0. The summed E-state index contributed by atoms with van der Waals surface area (Å²) < 4.78 is 16.3. The van der Waals surface area contributed by atoms with Crippen molar-refractivity contribution in [2.24, 2.45) is 11.8 Å². The molecule has 2 amide bonds. The third-order valence-corrected chi connectivity index (χ3v) is 5.59. The zero-order valence-electron chi connectivity index (χ0n) is 16.5. The Labute approximate surface area is 167 Å².